The van der Waals surface area contributed by atoms with Crippen LogP contribution < -0.4 is 4.31 Å². The molecular formula is C26H33F3N4O2S. The number of ether oxygens (including phenoxy) is 1. The predicted octanol–water partition coefficient (Wildman–Crippen LogP) is 5.26. The van der Waals surface area contributed by atoms with E-state index in [1.54, 1.807) is 4.31 Å². The molecule has 0 saturated carbocycles. The molecule has 10 heteroatoms. The molecule has 1 saturated heterocycles. The summed E-state index contributed by atoms with van der Waals surface area (Å²) < 4.78 is 60.7. The zero-order valence-corrected chi connectivity index (χ0v) is 21.5. The highest BCUT2D eigenvalue weighted by atomic mass is 32.2. The Morgan fingerprint density at radius 1 is 1.19 bits per heavy atom. The maximum Gasteiger partial charge on any atom is 0.272 e. The molecule has 1 aliphatic rings. The number of anilines is 1. The minimum atomic E-state index is -2.71. The molecule has 196 valence electrons. The number of hydrogen-bond donors (Lipinski definition) is 0. The second-order valence-corrected chi connectivity index (χ2v) is 10.8. The van der Waals surface area contributed by atoms with Crippen LogP contribution in [0.25, 0.3) is 0 Å². The van der Waals surface area contributed by atoms with Gasteiger partial charge in [-0.05, 0) is 56.1 Å². The summed E-state index contributed by atoms with van der Waals surface area (Å²) in [6.45, 7) is 9.57. The topological polar surface area (TPSA) is 57.5 Å². The lowest BCUT2D eigenvalue weighted by Crippen LogP contribution is -2.43. The van der Waals surface area contributed by atoms with Crippen LogP contribution in [0.15, 0.2) is 58.7 Å². The van der Waals surface area contributed by atoms with Crippen molar-refractivity contribution in [3.8, 4) is 0 Å². The average molecular weight is 523 g/mol. The van der Waals surface area contributed by atoms with E-state index in [-0.39, 0.29) is 23.3 Å². The Bertz CT molecular complexity index is 1040. The molecule has 0 aromatic heterocycles. The van der Waals surface area contributed by atoms with E-state index < -0.39 is 29.8 Å². The fourth-order valence-corrected chi connectivity index (χ4v) is 5.75. The number of nitrogens with zero attached hydrogens (tertiary/aromatic N) is 4. The molecule has 0 radical (unpaired) electrons. The van der Waals surface area contributed by atoms with E-state index in [1.807, 2.05) is 30.3 Å². The maximum atomic E-state index is 15.2. The normalized spacial score (nSPS) is 16.4. The van der Waals surface area contributed by atoms with Gasteiger partial charge < -0.3 is 9.64 Å². The third-order valence-corrected chi connectivity index (χ3v) is 7.64. The lowest BCUT2D eigenvalue weighted by molar-refractivity contribution is 0.0765. The van der Waals surface area contributed by atoms with Gasteiger partial charge in [0.1, 0.15) is 16.8 Å². The van der Waals surface area contributed by atoms with E-state index in [9.17, 15) is 13.0 Å². The van der Waals surface area contributed by atoms with Crippen molar-refractivity contribution in [3.63, 3.8) is 0 Å². The van der Waals surface area contributed by atoms with Gasteiger partial charge in [0.25, 0.3) is 6.43 Å². The highest BCUT2D eigenvalue weighted by molar-refractivity contribution is 7.87. The largest absolute Gasteiger partial charge is 0.470 e. The maximum absolute atomic E-state index is 15.2. The van der Waals surface area contributed by atoms with Crippen molar-refractivity contribution < 1.29 is 22.1 Å². The molecule has 1 aliphatic heterocycles. The molecule has 1 heterocycles. The number of halogens is 3. The summed E-state index contributed by atoms with van der Waals surface area (Å²) in [7, 11) is -1.37. The Hall–Kier alpha value is -2.72. The van der Waals surface area contributed by atoms with Gasteiger partial charge >= 0.3 is 0 Å². The van der Waals surface area contributed by atoms with Crippen molar-refractivity contribution in [2.24, 2.45) is 16.1 Å². The van der Waals surface area contributed by atoms with Gasteiger partial charge in [0.2, 0.25) is 5.90 Å². The SMILES string of the molecule is C=N/N=C(\OCC(F)F)c1ccc(CN(c2ccccc2)S(=O)C2CCN(CC(C)C)CC2)c(F)c1. The summed E-state index contributed by atoms with van der Waals surface area (Å²) in [4.78, 5) is 2.40. The van der Waals surface area contributed by atoms with Crippen LogP contribution in [0.5, 0.6) is 0 Å². The first-order valence-electron chi connectivity index (χ1n) is 12.0. The Labute approximate surface area is 213 Å². The van der Waals surface area contributed by atoms with Crippen molar-refractivity contribution in [1.29, 1.82) is 0 Å². The molecule has 3 rings (SSSR count). The molecule has 0 spiro atoms. The van der Waals surface area contributed by atoms with E-state index >= 15 is 4.39 Å². The minimum absolute atomic E-state index is 0.0314. The van der Waals surface area contributed by atoms with E-state index in [0.717, 1.165) is 44.2 Å². The summed E-state index contributed by atoms with van der Waals surface area (Å²) in [5, 5.41) is 6.89. The number of rotatable bonds is 11. The quantitative estimate of drug-likeness (QED) is 0.230. The highest BCUT2D eigenvalue weighted by Gasteiger charge is 2.29. The number of alkyl halides is 2. The monoisotopic (exact) mass is 522 g/mol. The van der Waals surface area contributed by atoms with Crippen molar-refractivity contribution in [3.05, 3.63) is 65.5 Å². The molecule has 36 heavy (non-hydrogen) atoms. The lowest BCUT2D eigenvalue weighted by Gasteiger charge is -2.35. The Morgan fingerprint density at radius 2 is 1.89 bits per heavy atom. The summed E-state index contributed by atoms with van der Waals surface area (Å²) in [5.74, 6) is -0.255. The standard InChI is InChI=1S/C26H33F3N4O2S/c1-19(2)16-32-13-11-23(12-14-32)36(34)33(22-7-5-4-6-8-22)17-21-10-9-20(15-24(21)27)26(31-30-3)35-18-25(28)29/h4-10,15,19,23,25H,3,11-14,16-18H2,1-2H3/b31-26-. The Kier molecular flexibility index (Phi) is 10.5. The van der Waals surface area contributed by atoms with Gasteiger partial charge in [-0.15, -0.1) is 5.10 Å². The molecule has 0 amide bonds. The van der Waals surface area contributed by atoms with Crippen LogP contribution in [0.3, 0.4) is 0 Å². The number of likely N-dealkylation sites (tertiary alicyclic amines) is 1. The van der Waals surface area contributed by atoms with E-state index in [0.29, 0.717) is 11.5 Å². The first kappa shape index (κ1) is 27.9. The molecule has 1 fully saturated rings. The third-order valence-electron chi connectivity index (χ3n) is 5.83. The van der Waals surface area contributed by atoms with Gasteiger partial charge in [0.05, 0.1) is 11.8 Å². The van der Waals surface area contributed by atoms with Crippen LogP contribution >= 0.6 is 0 Å². The molecule has 0 aliphatic carbocycles. The average Bonchev–Trinajstić information content (AvgIpc) is 2.86. The first-order chi connectivity index (χ1) is 17.3. The molecule has 2 aromatic carbocycles. The molecule has 1 unspecified atom stereocenters. The van der Waals surface area contributed by atoms with Crippen molar-refractivity contribution in [2.75, 3.05) is 30.5 Å². The molecular weight excluding hydrogens is 489 g/mol. The van der Waals surface area contributed by atoms with Crippen molar-refractivity contribution in [1.82, 2.24) is 4.90 Å². The van der Waals surface area contributed by atoms with Crippen LogP contribution in [0.4, 0.5) is 18.9 Å². The van der Waals surface area contributed by atoms with Crippen molar-refractivity contribution in [2.45, 2.75) is 44.9 Å². The van der Waals surface area contributed by atoms with Gasteiger partial charge in [-0.1, -0.05) is 38.1 Å². The van der Waals surface area contributed by atoms with Gasteiger partial charge in [-0.3, -0.25) is 4.31 Å². The highest BCUT2D eigenvalue weighted by Crippen LogP contribution is 2.27. The smallest absolute Gasteiger partial charge is 0.272 e. The summed E-state index contributed by atoms with van der Waals surface area (Å²) in [6.07, 6.45) is -1.10. The molecule has 6 nitrogen and oxygen atoms in total. The molecule has 2 aromatic rings. The number of piperidine rings is 1. The number of para-hydroxylation sites is 1. The van der Waals surface area contributed by atoms with Gasteiger partial charge in [-0.2, -0.15) is 5.10 Å². The van der Waals surface area contributed by atoms with Gasteiger partial charge in [0.15, 0.2) is 6.61 Å². The Morgan fingerprint density at radius 3 is 2.47 bits per heavy atom. The fourth-order valence-electron chi connectivity index (χ4n) is 4.18. The zero-order valence-electron chi connectivity index (χ0n) is 20.7. The third kappa shape index (κ3) is 7.89. The van der Waals surface area contributed by atoms with Crippen LogP contribution in [0, 0.1) is 11.7 Å². The second-order valence-electron chi connectivity index (χ2n) is 9.10. The molecule has 0 bridgehead atoms. The zero-order chi connectivity index (χ0) is 26.1. The second kappa shape index (κ2) is 13.5. The summed E-state index contributed by atoms with van der Waals surface area (Å²) in [6, 6.07) is 13.5. The van der Waals surface area contributed by atoms with Crippen LogP contribution in [0.1, 0.15) is 37.8 Å². The lowest BCUT2D eigenvalue weighted by atomic mass is 10.1. The van der Waals surface area contributed by atoms with Gasteiger partial charge in [0, 0.05) is 30.1 Å². The van der Waals surface area contributed by atoms with Gasteiger partial charge in [-0.25, -0.2) is 17.4 Å². The summed E-state index contributed by atoms with van der Waals surface area (Å²) in [5.41, 5.74) is 1.21. The van der Waals surface area contributed by atoms with Crippen molar-refractivity contribution >= 4 is 29.3 Å². The van der Waals surface area contributed by atoms with E-state index in [2.05, 4.69) is 35.7 Å². The van der Waals surface area contributed by atoms with Crippen LogP contribution in [-0.2, 0) is 22.3 Å². The van der Waals surface area contributed by atoms with E-state index in [4.69, 9.17) is 4.74 Å². The predicted molar refractivity (Wildman–Crippen MR) is 140 cm³/mol. The van der Waals surface area contributed by atoms with Crippen LogP contribution in [0.2, 0.25) is 0 Å². The minimum Gasteiger partial charge on any atom is -0.470 e. The number of benzene rings is 2. The number of hydrogen-bond acceptors (Lipinski definition) is 5. The summed E-state index contributed by atoms with van der Waals surface area (Å²) >= 11 is 0. The first-order valence-corrected chi connectivity index (χ1v) is 13.1. The van der Waals surface area contributed by atoms with Crippen LogP contribution in [-0.4, -0.2) is 59.6 Å². The van der Waals surface area contributed by atoms with E-state index in [1.165, 1.54) is 12.1 Å². The molecule has 1 atom stereocenters. The Balaban J connectivity index is 1.79. The fraction of sp³-hybridized carbons (Fsp3) is 0.462. The molecule has 0 N–H and O–H groups in total.